The van der Waals surface area contributed by atoms with Crippen molar-refractivity contribution < 1.29 is 20.5 Å². The van der Waals surface area contributed by atoms with Crippen LogP contribution in [0.25, 0.3) is 0 Å². The zero-order valence-electron chi connectivity index (χ0n) is 13.6. The molecule has 5 nitrogen and oxygen atoms in total. The molecule has 0 aliphatic carbocycles. The van der Waals surface area contributed by atoms with E-state index in [1.165, 1.54) is 10.9 Å². The monoisotopic (exact) mass is 307 g/mol. The highest BCUT2D eigenvalue weighted by Crippen LogP contribution is 2.14. The summed E-state index contributed by atoms with van der Waals surface area (Å²) < 4.78 is 5.39. The fourth-order valence-corrected chi connectivity index (χ4v) is 2.22. The average molecular weight is 307 g/mol. The van der Waals surface area contributed by atoms with Crippen molar-refractivity contribution in [3.63, 3.8) is 0 Å². The second-order valence-electron chi connectivity index (χ2n) is 6.20. The number of hydrogen-bond donors (Lipinski definition) is 0. The number of benzene rings is 1. The summed E-state index contributed by atoms with van der Waals surface area (Å²) in [4.78, 5) is 13.7. The van der Waals surface area contributed by atoms with Crippen LogP contribution in [0, 0.1) is 0 Å². The Morgan fingerprint density at radius 2 is 1.82 bits per heavy atom. The Bertz CT molecular complexity index is 497. The predicted octanol–water partition coefficient (Wildman–Crippen LogP) is 0.624. The van der Waals surface area contributed by atoms with Crippen molar-refractivity contribution in [2.45, 2.75) is 32.8 Å². The molecule has 1 aromatic carbocycles. The summed E-state index contributed by atoms with van der Waals surface area (Å²) in [6.07, 6.45) is 2.86. The lowest BCUT2D eigenvalue weighted by atomic mass is 9.61. The van der Waals surface area contributed by atoms with Crippen LogP contribution in [0.4, 0.5) is 4.79 Å². The lowest BCUT2D eigenvalue weighted by molar-refractivity contribution is 0.0267. The molecule has 0 atom stereocenters. The molecule has 1 aliphatic heterocycles. The molecule has 0 saturated carbocycles. The minimum absolute atomic E-state index is 0. The number of ether oxygens (including phenoxy) is 1. The second kappa shape index (κ2) is 8.61. The fourth-order valence-electron chi connectivity index (χ4n) is 2.22. The van der Waals surface area contributed by atoms with Crippen LogP contribution in [-0.4, -0.2) is 47.9 Å². The van der Waals surface area contributed by atoms with Gasteiger partial charge in [0.25, 0.3) is 0 Å². The topological polar surface area (TPSA) is 92.5 Å². The summed E-state index contributed by atoms with van der Waals surface area (Å²) in [6.45, 7) is 7.08. The Labute approximate surface area is 132 Å². The van der Waals surface area contributed by atoms with E-state index in [2.05, 4.69) is 30.3 Å². The van der Waals surface area contributed by atoms with Crippen LogP contribution in [0.15, 0.2) is 41.9 Å². The molecule has 122 valence electrons. The van der Waals surface area contributed by atoms with Crippen LogP contribution >= 0.6 is 0 Å². The van der Waals surface area contributed by atoms with Crippen molar-refractivity contribution in [3.8, 4) is 0 Å². The van der Waals surface area contributed by atoms with Crippen LogP contribution in [0.5, 0.6) is 0 Å². The smallest absolute Gasteiger partial charge is 0.410 e. The maximum Gasteiger partial charge on any atom is 0.410 e. The Morgan fingerprint density at radius 3 is 2.32 bits per heavy atom. The zero-order chi connectivity index (χ0) is 14.6. The normalized spacial score (nSPS) is 14.1. The van der Waals surface area contributed by atoms with E-state index >= 15 is 0 Å². The standard InChI is InChI=1S/C16H22BNO2.2H2O/c1-16(2,3)20-15(19)18-11-9-14(10-12-18)17-13-7-5-4-6-8-13;;/h4-9,17H,10-12H2,1-3H3;2*1H2. The fraction of sp³-hybridized carbons (Fsp3) is 0.438. The van der Waals surface area contributed by atoms with Crippen molar-refractivity contribution in [2.75, 3.05) is 13.1 Å². The number of carbonyl (C=O) groups is 1. The highest BCUT2D eigenvalue weighted by atomic mass is 16.6. The van der Waals surface area contributed by atoms with E-state index in [0.29, 0.717) is 6.54 Å². The van der Waals surface area contributed by atoms with Gasteiger partial charge in [-0.2, -0.15) is 0 Å². The molecule has 1 aromatic rings. The molecule has 1 amide bonds. The molecule has 2 rings (SSSR count). The van der Waals surface area contributed by atoms with Gasteiger partial charge in [0.1, 0.15) is 5.60 Å². The summed E-state index contributed by atoms with van der Waals surface area (Å²) in [7, 11) is 0.975. The van der Waals surface area contributed by atoms with Gasteiger partial charge in [-0.05, 0) is 27.2 Å². The van der Waals surface area contributed by atoms with Gasteiger partial charge < -0.3 is 20.6 Å². The van der Waals surface area contributed by atoms with Gasteiger partial charge in [0, 0.05) is 13.1 Å². The molecule has 0 aromatic heterocycles. The number of amides is 1. The van der Waals surface area contributed by atoms with Gasteiger partial charge in [-0.25, -0.2) is 4.79 Å². The van der Waals surface area contributed by atoms with Crippen molar-refractivity contribution in [1.29, 1.82) is 0 Å². The van der Waals surface area contributed by atoms with E-state index in [1.807, 2.05) is 26.8 Å². The van der Waals surface area contributed by atoms with Crippen molar-refractivity contribution in [3.05, 3.63) is 41.9 Å². The highest BCUT2D eigenvalue weighted by Gasteiger charge is 2.23. The third-order valence-electron chi connectivity index (χ3n) is 3.23. The van der Waals surface area contributed by atoms with Gasteiger partial charge in [-0.1, -0.05) is 41.9 Å². The lowest BCUT2D eigenvalue weighted by Gasteiger charge is -2.29. The van der Waals surface area contributed by atoms with Crippen LogP contribution in [0.1, 0.15) is 27.2 Å². The minimum atomic E-state index is -0.425. The highest BCUT2D eigenvalue weighted by molar-refractivity contribution is 6.61. The van der Waals surface area contributed by atoms with Crippen LogP contribution in [-0.2, 0) is 4.74 Å². The molecule has 22 heavy (non-hydrogen) atoms. The zero-order valence-corrected chi connectivity index (χ0v) is 13.6. The summed E-state index contributed by atoms with van der Waals surface area (Å²) in [5.74, 6) is 0. The second-order valence-corrected chi connectivity index (χ2v) is 6.20. The molecule has 6 heteroatoms. The number of nitrogens with zero attached hydrogens (tertiary/aromatic N) is 1. The van der Waals surface area contributed by atoms with E-state index in [0.717, 1.165) is 20.2 Å². The molecule has 0 unspecified atom stereocenters. The first-order chi connectivity index (χ1) is 9.44. The van der Waals surface area contributed by atoms with Crippen molar-refractivity contribution >= 4 is 18.8 Å². The molecule has 0 bridgehead atoms. The van der Waals surface area contributed by atoms with Gasteiger partial charge in [0.15, 0.2) is 7.28 Å². The predicted molar refractivity (Wildman–Crippen MR) is 91.0 cm³/mol. The molecule has 1 aliphatic rings. The SMILES string of the molecule is CC(C)(C)OC(=O)N1CC=C(Bc2ccccc2)CC1.O.O. The molecule has 0 fully saturated rings. The Morgan fingerprint density at radius 1 is 1.18 bits per heavy atom. The van der Waals surface area contributed by atoms with Gasteiger partial charge in [-0.15, -0.1) is 5.47 Å². The summed E-state index contributed by atoms with van der Waals surface area (Å²) >= 11 is 0. The Hall–Kier alpha value is -1.79. The van der Waals surface area contributed by atoms with E-state index in [-0.39, 0.29) is 17.0 Å². The molecular formula is C16H26BNO4. The Kier molecular flexibility index (Phi) is 7.91. The molecule has 0 radical (unpaired) electrons. The summed E-state index contributed by atoms with van der Waals surface area (Å²) in [5, 5.41) is 0. The first kappa shape index (κ1) is 20.2. The van der Waals surface area contributed by atoms with Crippen LogP contribution < -0.4 is 5.46 Å². The van der Waals surface area contributed by atoms with Crippen LogP contribution in [0.3, 0.4) is 0 Å². The maximum absolute atomic E-state index is 12.0. The maximum atomic E-state index is 12.0. The number of hydrogen-bond acceptors (Lipinski definition) is 2. The quantitative estimate of drug-likeness (QED) is 0.749. The first-order valence-corrected chi connectivity index (χ1v) is 7.14. The van der Waals surface area contributed by atoms with Gasteiger partial charge in [0.05, 0.1) is 0 Å². The number of rotatable bonds is 2. The minimum Gasteiger partial charge on any atom is -0.444 e. The van der Waals surface area contributed by atoms with Gasteiger partial charge in [-0.3, -0.25) is 0 Å². The molecular weight excluding hydrogens is 281 g/mol. The molecule has 4 N–H and O–H groups in total. The lowest BCUT2D eigenvalue weighted by Crippen LogP contribution is -2.40. The van der Waals surface area contributed by atoms with E-state index in [9.17, 15) is 4.79 Å². The van der Waals surface area contributed by atoms with Crippen molar-refractivity contribution in [1.82, 2.24) is 4.90 Å². The van der Waals surface area contributed by atoms with Crippen LogP contribution in [0.2, 0.25) is 0 Å². The third-order valence-corrected chi connectivity index (χ3v) is 3.23. The number of carbonyl (C=O) groups excluding carboxylic acids is 1. The molecule has 1 heterocycles. The Balaban J connectivity index is 0.00000220. The van der Waals surface area contributed by atoms with E-state index in [1.54, 1.807) is 4.90 Å². The van der Waals surface area contributed by atoms with E-state index in [4.69, 9.17) is 4.74 Å². The largest absolute Gasteiger partial charge is 0.444 e. The molecule has 0 saturated heterocycles. The van der Waals surface area contributed by atoms with E-state index < -0.39 is 5.60 Å². The van der Waals surface area contributed by atoms with Gasteiger partial charge in [0.2, 0.25) is 0 Å². The third kappa shape index (κ3) is 6.32. The average Bonchev–Trinajstić information content (AvgIpc) is 2.39. The molecule has 0 spiro atoms. The van der Waals surface area contributed by atoms with Crippen molar-refractivity contribution in [2.24, 2.45) is 0 Å². The summed E-state index contributed by atoms with van der Waals surface area (Å²) in [6, 6.07) is 10.4. The first-order valence-electron chi connectivity index (χ1n) is 7.14. The summed E-state index contributed by atoms with van der Waals surface area (Å²) in [5.41, 5.74) is 2.30. The van der Waals surface area contributed by atoms with Gasteiger partial charge >= 0.3 is 6.09 Å².